The van der Waals surface area contributed by atoms with E-state index in [4.69, 9.17) is 9.47 Å². The molecular weight excluding hydrogens is 396 g/mol. The third-order valence-electron chi connectivity index (χ3n) is 11.9. The van der Waals surface area contributed by atoms with Crippen molar-refractivity contribution in [3.05, 3.63) is 0 Å². The van der Waals surface area contributed by atoms with E-state index in [1.165, 1.54) is 51.4 Å². The molecule has 1 heterocycles. The monoisotopic (exact) mass is 446 g/mol. The average molecular weight is 447 g/mol. The van der Waals surface area contributed by atoms with Gasteiger partial charge in [0.25, 0.3) is 0 Å². The first-order valence-corrected chi connectivity index (χ1v) is 14.1. The lowest BCUT2D eigenvalue weighted by atomic mass is 9.44. The average Bonchev–Trinajstić information content (AvgIpc) is 3.36. The lowest BCUT2D eigenvalue weighted by molar-refractivity contribution is -0.229. The molecule has 1 aliphatic heterocycles. The lowest BCUT2D eigenvalue weighted by Gasteiger charge is -2.62. The van der Waals surface area contributed by atoms with Crippen LogP contribution in [-0.2, 0) is 9.47 Å². The molecule has 1 spiro atoms. The predicted molar refractivity (Wildman–Crippen MR) is 129 cm³/mol. The molecule has 4 aliphatic carbocycles. The van der Waals surface area contributed by atoms with Gasteiger partial charge in [-0.15, -0.1) is 0 Å². The van der Waals surface area contributed by atoms with E-state index in [1.807, 2.05) is 0 Å². The van der Waals surface area contributed by atoms with Gasteiger partial charge in [-0.25, -0.2) is 0 Å². The first-order chi connectivity index (χ1) is 15.2. The number of fused-ring (bicyclic) bond motifs is 5. The summed E-state index contributed by atoms with van der Waals surface area (Å²) < 4.78 is 12.3. The van der Waals surface area contributed by atoms with Crippen LogP contribution in [0, 0.1) is 52.3 Å². The molecular formula is C29H50O3. The zero-order valence-corrected chi connectivity index (χ0v) is 21.6. The van der Waals surface area contributed by atoms with Crippen LogP contribution in [0.1, 0.15) is 105 Å². The number of aliphatic hydroxyl groups is 1. The summed E-state index contributed by atoms with van der Waals surface area (Å²) >= 11 is 0. The largest absolute Gasteiger partial charge is 0.393 e. The topological polar surface area (TPSA) is 38.7 Å². The highest BCUT2D eigenvalue weighted by Crippen LogP contribution is 2.69. The van der Waals surface area contributed by atoms with Gasteiger partial charge in [0.05, 0.1) is 19.3 Å². The summed E-state index contributed by atoms with van der Waals surface area (Å²) in [5, 5.41) is 10.4. The second kappa shape index (κ2) is 8.52. The lowest BCUT2D eigenvalue weighted by Crippen LogP contribution is -2.56. The van der Waals surface area contributed by atoms with Gasteiger partial charge in [0.15, 0.2) is 5.79 Å². The Balaban J connectivity index is 1.28. The fraction of sp³-hybridized carbons (Fsp3) is 1.00. The smallest absolute Gasteiger partial charge is 0.168 e. The highest BCUT2D eigenvalue weighted by molar-refractivity contribution is 5.10. The van der Waals surface area contributed by atoms with Crippen LogP contribution in [0.25, 0.3) is 0 Å². The molecule has 5 aliphatic rings. The van der Waals surface area contributed by atoms with E-state index in [0.717, 1.165) is 68.0 Å². The summed E-state index contributed by atoms with van der Waals surface area (Å²) in [4.78, 5) is 0. The number of aliphatic hydroxyl groups excluding tert-OH is 1. The zero-order chi connectivity index (χ0) is 22.7. The molecule has 0 unspecified atom stereocenters. The molecule has 5 fully saturated rings. The van der Waals surface area contributed by atoms with Crippen molar-refractivity contribution in [3.8, 4) is 0 Å². The van der Waals surface area contributed by atoms with E-state index in [0.29, 0.717) is 16.7 Å². The number of ether oxygens (including phenoxy) is 2. The normalized spacial score (nSPS) is 47.2. The molecule has 0 aromatic carbocycles. The van der Waals surface area contributed by atoms with Gasteiger partial charge in [0.1, 0.15) is 0 Å². The van der Waals surface area contributed by atoms with Gasteiger partial charge in [-0.05, 0) is 110 Å². The Labute approximate surface area is 197 Å². The maximum atomic E-state index is 10.4. The summed E-state index contributed by atoms with van der Waals surface area (Å²) in [6.45, 7) is 13.7. The van der Waals surface area contributed by atoms with E-state index in [9.17, 15) is 5.11 Å². The fourth-order valence-electron chi connectivity index (χ4n) is 9.90. The number of rotatable bonds is 5. The van der Waals surface area contributed by atoms with Gasteiger partial charge < -0.3 is 14.6 Å². The standard InChI is InChI=1S/C29H50O3/c1-19(2)26(30)11-6-20(3)23-9-10-24-22-8-7-21-18-29(31-16-17-32-29)15-14-27(21,4)25(22)12-13-28(23,24)5/h19-26,30H,6-18H2,1-5H3/t20-,21+,22+,23-,24+,25+,26-,27+,28-/m1/s1. The summed E-state index contributed by atoms with van der Waals surface area (Å²) in [6.07, 6.45) is 14.2. The molecule has 0 radical (unpaired) electrons. The van der Waals surface area contributed by atoms with Crippen LogP contribution in [-0.4, -0.2) is 30.2 Å². The highest BCUT2D eigenvalue weighted by Gasteiger charge is 2.62. The zero-order valence-electron chi connectivity index (χ0n) is 21.6. The molecule has 3 heteroatoms. The van der Waals surface area contributed by atoms with Gasteiger partial charge in [0.2, 0.25) is 0 Å². The van der Waals surface area contributed by atoms with Gasteiger partial charge in [-0.1, -0.05) is 34.6 Å². The van der Waals surface area contributed by atoms with E-state index >= 15 is 0 Å². The SMILES string of the molecule is CC(C)[C@H](O)CC[C@@H](C)[C@H]1CC[C@H]2[C@@H]3CC[C@H]4CC5(CC[C@]4(C)[C@H]3CC[C@]12C)OCCO5. The van der Waals surface area contributed by atoms with Crippen molar-refractivity contribution < 1.29 is 14.6 Å². The summed E-state index contributed by atoms with van der Waals surface area (Å²) in [7, 11) is 0. The van der Waals surface area contributed by atoms with Crippen molar-refractivity contribution in [2.45, 2.75) is 117 Å². The molecule has 4 saturated carbocycles. The quantitative estimate of drug-likeness (QED) is 0.503. The Bertz CT molecular complexity index is 669. The molecule has 1 saturated heterocycles. The Hall–Kier alpha value is -0.120. The van der Waals surface area contributed by atoms with Gasteiger partial charge in [-0.3, -0.25) is 0 Å². The van der Waals surface area contributed by atoms with Gasteiger partial charge in [-0.2, -0.15) is 0 Å². The molecule has 9 atom stereocenters. The van der Waals surface area contributed by atoms with E-state index in [2.05, 4.69) is 34.6 Å². The summed E-state index contributed by atoms with van der Waals surface area (Å²) in [5.74, 6) is 5.32. The Morgan fingerprint density at radius 1 is 0.812 bits per heavy atom. The molecule has 0 aromatic heterocycles. The van der Waals surface area contributed by atoms with Crippen LogP contribution in [0.5, 0.6) is 0 Å². The molecule has 5 rings (SSSR count). The minimum Gasteiger partial charge on any atom is -0.393 e. The number of hydrogen-bond acceptors (Lipinski definition) is 3. The van der Waals surface area contributed by atoms with Gasteiger partial charge in [0, 0.05) is 12.8 Å². The molecule has 1 N–H and O–H groups in total. The molecule has 0 bridgehead atoms. The molecule has 184 valence electrons. The minimum absolute atomic E-state index is 0.129. The summed E-state index contributed by atoms with van der Waals surface area (Å²) in [6, 6.07) is 0. The Morgan fingerprint density at radius 3 is 2.25 bits per heavy atom. The Kier molecular flexibility index (Phi) is 6.29. The second-order valence-corrected chi connectivity index (χ2v) is 13.6. The van der Waals surface area contributed by atoms with Crippen molar-refractivity contribution in [1.29, 1.82) is 0 Å². The fourth-order valence-corrected chi connectivity index (χ4v) is 9.90. The van der Waals surface area contributed by atoms with Crippen molar-refractivity contribution in [2.75, 3.05) is 13.2 Å². The second-order valence-electron chi connectivity index (χ2n) is 13.6. The van der Waals surface area contributed by atoms with Crippen LogP contribution in [0.15, 0.2) is 0 Å². The van der Waals surface area contributed by atoms with Crippen molar-refractivity contribution in [2.24, 2.45) is 52.3 Å². The molecule has 32 heavy (non-hydrogen) atoms. The first-order valence-electron chi connectivity index (χ1n) is 14.1. The van der Waals surface area contributed by atoms with E-state index in [-0.39, 0.29) is 11.9 Å². The van der Waals surface area contributed by atoms with Crippen LogP contribution in [0.3, 0.4) is 0 Å². The third-order valence-corrected chi connectivity index (χ3v) is 11.9. The highest BCUT2D eigenvalue weighted by atomic mass is 16.7. The minimum atomic E-state index is -0.228. The number of hydrogen-bond donors (Lipinski definition) is 1. The van der Waals surface area contributed by atoms with E-state index < -0.39 is 0 Å². The summed E-state index contributed by atoms with van der Waals surface area (Å²) in [5.41, 5.74) is 1.02. The van der Waals surface area contributed by atoms with E-state index in [1.54, 1.807) is 0 Å². The van der Waals surface area contributed by atoms with Crippen molar-refractivity contribution in [1.82, 2.24) is 0 Å². The van der Waals surface area contributed by atoms with Crippen LogP contribution >= 0.6 is 0 Å². The molecule has 3 nitrogen and oxygen atoms in total. The van der Waals surface area contributed by atoms with Gasteiger partial charge >= 0.3 is 0 Å². The predicted octanol–water partition coefficient (Wildman–Crippen LogP) is 6.82. The van der Waals surface area contributed by atoms with Crippen LogP contribution < -0.4 is 0 Å². The molecule has 0 amide bonds. The van der Waals surface area contributed by atoms with Crippen molar-refractivity contribution >= 4 is 0 Å². The maximum Gasteiger partial charge on any atom is 0.168 e. The van der Waals surface area contributed by atoms with Crippen LogP contribution in [0.2, 0.25) is 0 Å². The first kappa shape index (κ1) is 23.6. The Morgan fingerprint density at radius 2 is 1.53 bits per heavy atom. The maximum absolute atomic E-state index is 10.4. The van der Waals surface area contributed by atoms with Crippen molar-refractivity contribution in [3.63, 3.8) is 0 Å². The molecule has 0 aromatic rings. The van der Waals surface area contributed by atoms with Crippen LogP contribution in [0.4, 0.5) is 0 Å². The third kappa shape index (κ3) is 3.72.